The topological polar surface area (TPSA) is 53.5 Å². The molecular weight excluding hydrogens is 248 g/mol. The summed E-state index contributed by atoms with van der Waals surface area (Å²) in [6.45, 7) is 1.68. The molecule has 0 spiro atoms. The SMILES string of the molecule is C/C(=N\O)C(=O)C[n+]1ccccc1.[Br-]. The smallest absolute Gasteiger partial charge is 0.244 e. The molecule has 0 aliphatic rings. The first-order valence-electron chi connectivity index (χ1n) is 3.90. The van der Waals surface area contributed by atoms with Crippen molar-refractivity contribution in [3.63, 3.8) is 0 Å². The lowest BCUT2D eigenvalue weighted by Gasteiger charge is -1.93. The Bertz CT molecular complexity index is 325. The van der Waals surface area contributed by atoms with Crippen molar-refractivity contribution in [2.45, 2.75) is 13.5 Å². The molecule has 1 heterocycles. The van der Waals surface area contributed by atoms with Crippen LogP contribution < -0.4 is 21.5 Å². The largest absolute Gasteiger partial charge is 1.00 e. The summed E-state index contributed by atoms with van der Waals surface area (Å²) in [4.78, 5) is 11.2. The Kier molecular flexibility index (Phi) is 5.71. The normalized spacial score (nSPS) is 10.5. The van der Waals surface area contributed by atoms with Crippen molar-refractivity contribution in [3.8, 4) is 0 Å². The van der Waals surface area contributed by atoms with E-state index in [1.807, 2.05) is 18.2 Å². The highest BCUT2D eigenvalue weighted by Gasteiger charge is 2.11. The van der Waals surface area contributed by atoms with Crippen molar-refractivity contribution in [2.75, 3.05) is 0 Å². The van der Waals surface area contributed by atoms with E-state index >= 15 is 0 Å². The number of aromatic nitrogens is 1. The Morgan fingerprint density at radius 3 is 2.43 bits per heavy atom. The first-order chi connectivity index (χ1) is 6.24. The van der Waals surface area contributed by atoms with E-state index in [2.05, 4.69) is 5.16 Å². The standard InChI is InChI=1S/C9H10N2O2.BrH/c1-8(10-13)9(12)7-11-5-3-2-4-6-11;/h2-6H,7H2,1H3;1H. The van der Waals surface area contributed by atoms with Crippen molar-refractivity contribution in [2.24, 2.45) is 5.16 Å². The van der Waals surface area contributed by atoms with Crippen molar-refractivity contribution >= 4 is 11.5 Å². The molecule has 76 valence electrons. The molecule has 14 heavy (non-hydrogen) atoms. The van der Waals surface area contributed by atoms with Crippen LogP contribution in [0, 0.1) is 0 Å². The lowest BCUT2D eigenvalue weighted by molar-refractivity contribution is -0.683. The van der Waals surface area contributed by atoms with Crippen molar-refractivity contribution in [1.82, 2.24) is 0 Å². The van der Waals surface area contributed by atoms with Crippen LogP contribution in [0.3, 0.4) is 0 Å². The van der Waals surface area contributed by atoms with Crippen LogP contribution in [0.1, 0.15) is 6.92 Å². The maximum absolute atomic E-state index is 11.2. The Labute approximate surface area is 92.6 Å². The third-order valence-corrected chi connectivity index (χ3v) is 1.66. The van der Waals surface area contributed by atoms with Crippen molar-refractivity contribution in [3.05, 3.63) is 30.6 Å². The highest BCUT2D eigenvalue weighted by molar-refractivity contribution is 6.38. The number of halogens is 1. The quantitative estimate of drug-likeness (QED) is 0.280. The van der Waals surface area contributed by atoms with E-state index in [1.54, 1.807) is 17.0 Å². The van der Waals surface area contributed by atoms with Gasteiger partial charge in [0.25, 0.3) is 0 Å². The number of rotatable bonds is 3. The van der Waals surface area contributed by atoms with Gasteiger partial charge in [-0.1, -0.05) is 11.2 Å². The molecule has 4 nitrogen and oxygen atoms in total. The molecule has 0 fully saturated rings. The van der Waals surface area contributed by atoms with Gasteiger partial charge in [0, 0.05) is 12.1 Å². The molecule has 0 unspecified atom stereocenters. The number of nitrogens with zero attached hydrogens (tertiary/aromatic N) is 2. The Morgan fingerprint density at radius 2 is 1.93 bits per heavy atom. The molecule has 1 N–H and O–H groups in total. The van der Waals surface area contributed by atoms with Crippen LogP contribution >= 0.6 is 0 Å². The van der Waals surface area contributed by atoms with Gasteiger partial charge in [-0.3, -0.25) is 4.79 Å². The van der Waals surface area contributed by atoms with E-state index in [9.17, 15) is 4.79 Å². The summed E-state index contributed by atoms with van der Waals surface area (Å²) in [5.74, 6) is -0.196. The van der Waals surface area contributed by atoms with Gasteiger partial charge in [-0.05, 0) is 6.92 Å². The zero-order valence-corrected chi connectivity index (χ0v) is 9.31. The molecule has 5 heteroatoms. The number of ketones is 1. The minimum absolute atomic E-state index is 0. The average molecular weight is 259 g/mol. The summed E-state index contributed by atoms with van der Waals surface area (Å²) >= 11 is 0. The molecule has 0 aromatic carbocycles. The zero-order valence-electron chi connectivity index (χ0n) is 7.72. The van der Waals surface area contributed by atoms with Crippen LogP contribution in [0.25, 0.3) is 0 Å². The van der Waals surface area contributed by atoms with Crippen LogP contribution in [0.2, 0.25) is 0 Å². The third-order valence-electron chi connectivity index (χ3n) is 1.66. The number of carbonyl (C=O) groups is 1. The first kappa shape index (κ1) is 12.8. The van der Waals surface area contributed by atoms with Gasteiger partial charge in [-0.15, -0.1) is 0 Å². The van der Waals surface area contributed by atoms with Crippen molar-refractivity contribution < 1.29 is 31.6 Å². The summed E-state index contributed by atoms with van der Waals surface area (Å²) in [5, 5.41) is 11.2. The summed E-state index contributed by atoms with van der Waals surface area (Å²) in [7, 11) is 0. The first-order valence-corrected chi connectivity index (χ1v) is 3.90. The fourth-order valence-corrected chi connectivity index (χ4v) is 0.876. The predicted molar refractivity (Wildman–Crippen MR) is 46.5 cm³/mol. The number of Topliss-reactive ketones (excluding diaryl/α,β-unsaturated/α-hetero) is 1. The summed E-state index contributed by atoms with van der Waals surface area (Å²) in [6, 6.07) is 5.53. The minimum Gasteiger partial charge on any atom is -1.00 e. The van der Waals surface area contributed by atoms with Gasteiger partial charge in [0.15, 0.2) is 12.4 Å². The van der Waals surface area contributed by atoms with Gasteiger partial charge >= 0.3 is 0 Å². The Hall–Kier alpha value is -1.23. The van der Waals surface area contributed by atoms with Crippen LogP contribution in [-0.4, -0.2) is 16.7 Å². The molecule has 0 saturated carbocycles. The summed E-state index contributed by atoms with van der Waals surface area (Å²) in [6.07, 6.45) is 3.56. The number of carbonyl (C=O) groups excluding carboxylic acids is 1. The van der Waals surface area contributed by atoms with Crippen LogP contribution in [-0.2, 0) is 11.3 Å². The Balaban J connectivity index is 0.00000169. The molecule has 0 amide bonds. The monoisotopic (exact) mass is 258 g/mol. The molecule has 1 aromatic rings. The average Bonchev–Trinajstić information content (AvgIpc) is 2.18. The van der Waals surface area contributed by atoms with E-state index in [0.29, 0.717) is 0 Å². The second-order valence-electron chi connectivity index (χ2n) is 2.66. The zero-order chi connectivity index (χ0) is 9.68. The molecule has 0 atom stereocenters. The van der Waals surface area contributed by atoms with E-state index < -0.39 is 0 Å². The second-order valence-corrected chi connectivity index (χ2v) is 2.66. The lowest BCUT2D eigenvalue weighted by Crippen LogP contribution is -3.00. The molecule has 0 radical (unpaired) electrons. The third kappa shape index (κ3) is 3.66. The van der Waals surface area contributed by atoms with E-state index in [-0.39, 0.29) is 35.0 Å². The molecule has 1 rings (SSSR count). The number of pyridine rings is 1. The van der Waals surface area contributed by atoms with Gasteiger partial charge in [-0.25, -0.2) is 0 Å². The fourth-order valence-electron chi connectivity index (χ4n) is 0.876. The van der Waals surface area contributed by atoms with Crippen LogP contribution in [0.5, 0.6) is 0 Å². The van der Waals surface area contributed by atoms with Crippen molar-refractivity contribution in [1.29, 1.82) is 0 Å². The second kappa shape index (κ2) is 6.26. The molecule has 0 saturated heterocycles. The fraction of sp³-hybridized carbons (Fsp3) is 0.222. The van der Waals surface area contributed by atoms with E-state index in [0.717, 1.165) is 0 Å². The molecule has 0 aliphatic carbocycles. The maximum Gasteiger partial charge on any atom is 0.244 e. The van der Waals surface area contributed by atoms with Crippen LogP contribution in [0.4, 0.5) is 0 Å². The number of hydrogen-bond donors (Lipinski definition) is 1. The van der Waals surface area contributed by atoms with Gasteiger partial charge in [0.05, 0.1) is 0 Å². The summed E-state index contributed by atoms with van der Waals surface area (Å²) < 4.78 is 1.72. The molecule has 1 aromatic heterocycles. The predicted octanol–water partition coefficient (Wildman–Crippen LogP) is -2.60. The van der Waals surface area contributed by atoms with Crippen LogP contribution in [0.15, 0.2) is 35.7 Å². The van der Waals surface area contributed by atoms with Gasteiger partial charge in [0.1, 0.15) is 5.71 Å². The maximum atomic E-state index is 11.2. The Morgan fingerprint density at radius 1 is 1.36 bits per heavy atom. The highest BCUT2D eigenvalue weighted by Crippen LogP contribution is 1.82. The highest BCUT2D eigenvalue weighted by atomic mass is 79.9. The van der Waals surface area contributed by atoms with Gasteiger partial charge in [0.2, 0.25) is 12.3 Å². The van der Waals surface area contributed by atoms with Gasteiger partial charge in [-0.2, -0.15) is 4.57 Å². The van der Waals surface area contributed by atoms with E-state index in [1.165, 1.54) is 6.92 Å². The van der Waals surface area contributed by atoms with E-state index in [4.69, 9.17) is 5.21 Å². The number of hydrogen-bond acceptors (Lipinski definition) is 3. The molecule has 0 aliphatic heterocycles. The minimum atomic E-state index is -0.196. The molecular formula is C9H11BrN2O2. The van der Waals surface area contributed by atoms with Gasteiger partial charge < -0.3 is 22.2 Å². The molecule has 0 bridgehead atoms. The summed E-state index contributed by atoms with van der Waals surface area (Å²) in [5.41, 5.74) is 0.122. The number of oxime groups is 1. The lowest BCUT2D eigenvalue weighted by atomic mass is 10.2.